The highest BCUT2D eigenvalue weighted by molar-refractivity contribution is 5.97. The summed E-state index contributed by atoms with van der Waals surface area (Å²) in [4.78, 5) is 21.0. The molecule has 1 saturated carbocycles. The van der Waals surface area contributed by atoms with E-state index in [1.54, 1.807) is 0 Å². The van der Waals surface area contributed by atoms with Crippen molar-refractivity contribution < 1.29 is 4.79 Å². The molecule has 1 amide bonds. The number of imidazole rings is 1. The molecule has 0 saturated heterocycles. The Morgan fingerprint density at radius 3 is 2.88 bits per heavy atom. The van der Waals surface area contributed by atoms with Crippen LogP contribution in [-0.4, -0.2) is 29.0 Å². The minimum absolute atomic E-state index is 0.0174. The summed E-state index contributed by atoms with van der Waals surface area (Å²) in [5, 5.41) is 6.41. The molecule has 0 radical (unpaired) electrons. The molecule has 1 aromatic heterocycles. The number of nitrogens with zero attached hydrogens (tertiary/aromatic N) is 1. The van der Waals surface area contributed by atoms with E-state index in [2.05, 4.69) is 34.7 Å². The molecule has 4 rings (SSSR count). The van der Waals surface area contributed by atoms with Crippen LogP contribution < -0.4 is 10.6 Å². The minimum Gasteiger partial charge on any atom is -0.352 e. The van der Waals surface area contributed by atoms with Crippen LogP contribution in [0.3, 0.4) is 0 Å². The SMILES string of the molecule is CCCNC(=O)c1cc(-c2nc3c([nH]2)CNCC3)c(C2CCC2)cc1C. The number of H-pyrrole nitrogens is 1. The van der Waals surface area contributed by atoms with E-state index in [0.29, 0.717) is 12.5 Å². The smallest absolute Gasteiger partial charge is 0.251 e. The van der Waals surface area contributed by atoms with E-state index in [0.717, 1.165) is 54.1 Å². The summed E-state index contributed by atoms with van der Waals surface area (Å²) in [5.41, 5.74) is 6.63. The number of rotatable bonds is 5. The van der Waals surface area contributed by atoms with Crippen LogP contribution in [0, 0.1) is 6.92 Å². The van der Waals surface area contributed by atoms with Gasteiger partial charge in [0.2, 0.25) is 0 Å². The van der Waals surface area contributed by atoms with Crippen molar-refractivity contribution in [3.8, 4) is 11.4 Å². The second kappa shape index (κ2) is 7.23. The Kier molecular flexibility index (Phi) is 4.81. The molecule has 0 spiro atoms. The molecule has 138 valence electrons. The zero-order valence-corrected chi connectivity index (χ0v) is 15.7. The van der Waals surface area contributed by atoms with Crippen molar-refractivity contribution in [3.05, 3.63) is 40.2 Å². The van der Waals surface area contributed by atoms with Crippen LogP contribution >= 0.6 is 0 Å². The molecule has 2 aromatic rings. The average Bonchev–Trinajstić information content (AvgIpc) is 3.02. The molecule has 1 aromatic carbocycles. The number of hydrogen-bond acceptors (Lipinski definition) is 3. The molecule has 2 aliphatic rings. The molecule has 3 N–H and O–H groups in total. The van der Waals surface area contributed by atoms with E-state index in [9.17, 15) is 4.79 Å². The van der Waals surface area contributed by atoms with E-state index in [-0.39, 0.29) is 5.91 Å². The largest absolute Gasteiger partial charge is 0.352 e. The maximum absolute atomic E-state index is 12.6. The van der Waals surface area contributed by atoms with Gasteiger partial charge < -0.3 is 15.6 Å². The summed E-state index contributed by atoms with van der Waals surface area (Å²) in [6.07, 6.45) is 5.65. The number of aromatic nitrogens is 2. The molecule has 1 aliphatic carbocycles. The fourth-order valence-corrected chi connectivity index (χ4v) is 3.92. The van der Waals surface area contributed by atoms with Gasteiger partial charge in [0.15, 0.2) is 0 Å². The second-order valence-electron chi connectivity index (χ2n) is 7.58. The third kappa shape index (κ3) is 3.16. The Labute approximate surface area is 155 Å². The highest BCUT2D eigenvalue weighted by atomic mass is 16.1. The van der Waals surface area contributed by atoms with Crippen LogP contribution in [0.15, 0.2) is 12.1 Å². The zero-order chi connectivity index (χ0) is 18.1. The van der Waals surface area contributed by atoms with Crippen LogP contribution in [0.5, 0.6) is 0 Å². The van der Waals surface area contributed by atoms with Crippen molar-refractivity contribution in [2.24, 2.45) is 0 Å². The molecule has 2 heterocycles. The first-order valence-corrected chi connectivity index (χ1v) is 9.89. The summed E-state index contributed by atoms with van der Waals surface area (Å²) < 4.78 is 0. The Hall–Kier alpha value is -2.14. The maximum Gasteiger partial charge on any atom is 0.251 e. The number of nitrogens with one attached hydrogen (secondary N) is 3. The molecule has 26 heavy (non-hydrogen) atoms. The normalized spacial score (nSPS) is 16.8. The van der Waals surface area contributed by atoms with Crippen molar-refractivity contribution >= 4 is 5.91 Å². The van der Waals surface area contributed by atoms with Gasteiger partial charge in [-0.2, -0.15) is 0 Å². The Morgan fingerprint density at radius 2 is 2.19 bits per heavy atom. The van der Waals surface area contributed by atoms with Gasteiger partial charge >= 0.3 is 0 Å². The highest BCUT2D eigenvalue weighted by Crippen LogP contribution is 2.42. The predicted octanol–water partition coefficient (Wildman–Crippen LogP) is 3.44. The molecule has 0 unspecified atom stereocenters. The molecular formula is C21H28N4O. The summed E-state index contributed by atoms with van der Waals surface area (Å²) in [5.74, 6) is 1.53. The van der Waals surface area contributed by atoms with Crippen LogP contribution in [0.4, 0.5) is 0 Å². The highest BCUT2D eigenvalue weighted by Gasteiger charge is 2.26. The third-order valence-corrected chi connectivity index (χ3v) is 5.68. The van der Waals surface area contributed by atoms with Crippen LogP contribution in [0.25, 0.3) is 11.4 Å². The monoisotopic (exact) mass is 352 g/mol. The van der Waals surface area contributed by atoms with E-state index >= 15 is 0 Å². The number of aromatic amines is 1. The molecular weight excluding hydrogens is 324 g/mol. The summed E-state index contributed by atoms with van der Waals surface area (Å²) in [6.45, 7) is 6.64. The van der Waals surface area contributed by atoms with Crippen LogP contribution in [0.1, 0.15) is 71.4 Å². The lowest BCUT2D eigenvalue weighted by atomic mass is 9.77. The van der Waals surface area contributed by atoms with Gasteiger partial charge in [0.1, 0.15) is 5.82 Å². The maximum atomic E-state index is 12.6. The number of carbonyl (C=O) groups excluding carboxylic acids is 1. The lowest BCUT2D eigenvalue weighted by Gasteiger charge is -2.28. The second-order valence-corrected chi connectivity index (χ2v) is 7.58. The van der Waals surface area contributed by atoms with Gasteiger partial charge in [0.05, 0.1) is 11.4 Å². The van der Waals surface area contributed by atoms with Gasteiger partial charge in [-0.15, -0.1) is 0 Å². The minimum atomic E-state index is 0.0174. The van der Waals surface area contributed by atoms with E-state index < -0.39 is 0 Å². The van der Waals surface area contributed by atoms with Gasteiger partial charge in [-0.1, -0.05) is 19.4 Å². The summed E-state index contributed by atoms with van der Waals surface area (Å²) in [7, 11) is 0. The molecule has 1 fully saturated rings. The van der Waals surface area contributed by atoms with Crippen LogP contribution in [-0.2, 0) is 13.0 Å². The van der Waals surface area contributed by atoms with Gasteiger partial charge in [-0.25, -0.2) is 4.98 Å². The first kappa shape index (κ1) is 17.3. The Bertz CT molecular complexity index is 796. The number of fused-ring (bicyclic) bond motifs is 1. The predicted molar refractivity (Wildman–Crippen MR) is 103 cm³/mol. The number of carbonyl (C=O) groups is 1. The summed E-state index contributed by atoms with van der Waals surface area (Å²) in [6, 6.07) is 4.28. The number of hydrogen-bond donors (Lipinski definition) is 3. The van der Waals surface area contributed by atoms with Gasteiger partial charge in [-0.05, 0) is 49.3 Å². The lowest BCUT2D eigenvalue weighted by Crippen LogP contribution is -2.25. The fourth-order valence-electron chi connectivity index (χ4n) is 3.92. The summed E-state index contributed by atoms with van der Waals surface area (Å²) >= 11 is 0. The van der Waals surface area contributed by atoms with Crippen LogP contribution in [0.2, 0.25) is 0 Å². The average molecular weight is 352 g/mol. The van der Waals surface area contributed by atoms with Crippen molar-refractivity contribution in [3.63, 3.8) is 0 Å². The van der Waals surface area contributed by atoms with Crippen molar-refractivity contribution in [1.82, 2.24) is 20.6 Å². The van der Waals surface area contributed by atoms with Gasteiger partial charge in [0, 0.05) is 37.2 Å². The number of benzene rings is 1. The van der Waals surface area contributed by atoms with Crippen molar-refractivity contribution in [1.29, 1.82) is 0 Å². The molecule has 0 bridgehead atoms. The number of amides is 1. The zero-order valence-electron chi connectivity index (χ0n) is 15.7. The topological polar surface area (TPSA) is 69.8 Å². The number of aryl methyl sites for hydroxylation is 1. The Morgan fingerprint density at radius 1 is 1.35 bits per heavy atom. The van der Waals surface area contributed by atoms with E-state index in [4.69, 9.17) is 4.98 Å². The fraction of sp³-hybridized carbons (Fsp3) is 0.524. The Balaban J connectivity index is 1.77. The molecule has 5 heteroatoms. The molecule has 5 nitrogen and oxygen atoms in total. The molecule has 1 aliphatic heterocycles. The van der Waals surface area contributed by atoms with Crippen molar-refractivity contribution in [2.45, 2.75) is 58.4 Å². The lowest BCUT2D eigenvalue weighted by molar-refractivity contribution is 0.0953. The van der Waals surface area contributed by atoms with Gasteiger partial charge in [0.25, 0.3) is 5.91 Å². The van der Waals surface area contributed by atoms with E-state index in [1.165, 1.54) is 30.5 Å². The van der Waals surface area contributed by atoms with Crippen molar-refractivity contribution in [2.75, 3.05) is 13.1 Å². The first-order chi connectivity index (χ1) is 12.7. The molecule has 0 atom stereocenters. The van der Waals surface area contributed by atoms with Gasteiger partial charge in [-0.3, -0.25) is 4.79 Å². The first-order valence-electron chi connectivity index (χ1n) is 9.89. The third-order valence-electron chi connectivity index (χ3n) is 5.68. The standard InChI is InChI=1S/C21H28N4O/c1-3-8-23-21(26)15-11-17(16(10-13(15)2)14-5-4-6-14)20-24-18-7-9-22-12-19(18)25-20/h10-11,14,22H,3-9,12H2,1-2H3,(H,23,26)(H,24,25). The quantitative estimate of drug-likeness (QED) is 0.772. The van der Waals surface area contributed by atoms with E-state index in [1.807, 2.05) is 6.92 Å².